The Morgan fingerprint density at radius 3 is 3.08 bits per heavy atom. The van der Waals surface area contributed by atoms with Crippen LogP contribution in [-0.2, 0) is 11.3 Å². The highest BCUT2D eigenvalue weighted by Crippen LogP contribution is 2.27. The second kappa shape index (κ2) is 7.23. The topological polar surface area (TPSA) is 45.7 Å². The number of pyridine rings is 1. The summed E-state index contributed by atoms with van der Waals surface area (Å²) in [7, 11) is 0. The predicted molar refractivity (Wildman–Crippen MR) is 97.8 cm³/mol. The summed E-state index contributed by atoms with van der Waals surface area (Å²) < 4.78 is 6.00. The van der Waals surface area contributed by atoms with Crippen LogP contribution in [0.1, 0.15) is 27.2 Å². The summed E-state index contributed by atoms with van der Waals surface area (Å²) >= 11 is 1.54. The van der Waals surface area contributed by atoms with E-state index in [0.717, 1.165) is 49.6 Å². The third kappa shape index (κ3) is 3.47. The van der Waals surface area contributed by atoms with Crippen LogP contribution in [0.2, 0.25) is 0 Å². The van der Waals surface area contributed by atoms with Crippen molar-refractivity contribution in [1.82, 2.24) is 14.8 Å². The number of hydrogen-bond acceptors (Lipinski definition) is 5. The second-order valence-electron chi connectivity index (χ2n) is 6.78. The number of hydrogen-bond donors (Lipinski definition) is 0. The zero-order valence-corrected chi connectivity index (χ0v) is 15.2. The highest BCUT2D eigenvalue weighted by atomic mass is 32.1. The van der Waals surface area contributed by atoms with E-state index in [1.165, 1.54) is 16.9 Å². The van der Waals surface area contributed by atoms with Crippen LogP contribution in [0.15, 0.2) is 36.0 Å². The summed E-state index contributed by atoms with van der Waals surface area (Å²) in [6.45, 7) is 6.04. The largest absolute Gasteiger partial charge is 0.375 e. The van der Waals surface area contributed by atoms with E-state index in [1.54, 1.807) is 6.20 Å². The molecule has 2 saturated heterocycles. The predicted octanol–water partition coefficient (Wildman–Crippen LogP) is 2.57. The van der Waals surface area contributed by atoms with Crippen LogP contribution in [0, 0.1) is 6.92 Å². The molecule has 2 aromatic heterocycles. The molecule has 2 fully saturated rings. The molecule has 2 aromatic rings. The van der Waals surface area contributed by atoms with Crippen molar-refractivity contribution in [2.24, 2.45) is 0 Å². The number of likely N-dealkylation sites (tertiary alicyclic amines) is 1. The summed E-state index contributed by atoms with van der Waals surface area (Å²) in [6.07, 6.45) is 4.85. The molecule has 2 aliphatic rings. The average Bonchev–Trinajstić information content (AvgIpc) is 3.08. The number of thiophene rings is 1. The Morgan fingerprint density at radius 2 is 2.32 bits per heavy atom. The maximum atomic E-state index is 12.9. The van der Waals surface area contributed by atoms with Crippen LogP contribution in [0.5, 0.6) is 0 Å². The molecule has 0 radical (unpaired) electrons. The van der Waals surface area contributed by atoms with Gasteiger partial charge in [0.2, 0.25) is 0 Å². The molecule has 4 rings (SSSR count). The lowest BCUT2D eigenvalue weighted by Gasteiger charge is -2.47. The third-order valence-corrected chi connectivity index (χ3v) is 6.16. The molecule has 0 aliphatic carbocycles. The van der Waals surface area contributed by atoms with Gasteiger partial charge in [-0.3, -0.25) is 14.7 Å². The SMILES string of the molecule is Cc1ccsc1C(=O)N1CC[C@H]2OCCN(Cc3cccnc3)[C@@H]2C1. The number of morpholine rings is 1. The van der Waals surface area contributed by atoms with Gasteiger partial charge >= 0.3 is 0 Å². The number of rotatable bonds is 3. The quantitative estimate of drug-likeness (QED) is 0.847. The Balaban J connectivity index is 1.49. The smallest absolute Gasteiger partial charge is 0.264 e. The number of fused-ring (bicyclic) bond motifs is 1. The van der Waals surface area contributed by atoms with Crippen LogP contribution < -0.4 is 0 Å². The molecule has 132 valence electrons. The van der Waals surface area contributed by atoms with Gasteiger partial charge in [-0.2, -0.15) is 0 Å². The Labute approximate surface area is 152 Å². The Kier molecular flexibility index (Phi) is 4.83. The molecule has 6 heteroatoms. The fraction of sp³-hybridized carbons (Fsp3) is 0.474. The lowest BCUT2D eigenvalue weighted by Crippen LogP contribution is -2.60. The van der Waals surface area contributed by atoms with Gasteiger partial charge in [-0.25, -0.2) is 0 Å². The first kappa shape index (κ1) is 16.7. The fourth-order valence-corrected chi connectivity index (χ4v) is 4.68. The lowest BCUT2D eigenvalue weighted by molar-refractivity contribution is -0.101. The first-order valence-electron chi connectivity index (χ1n) is 8.80. The van der Waals surface area contributed by atoms with Crippen LogP contribution in [-0.4, -0.2) is 59.1 Å². The Morgan fingerprint density at radius 1 is 1.40 bits per heavy atom. The van der Waals surface area contributed by atoms with Crippen molar-refractivity contribution in [1.29, 1.82) is 0 Å². The standard InChI is InChI=1S/C19H23N3O2S/c1-14-5-10-25-18(14)19(23)22-7-4-17-16(13-22)21(8-9-24-17)12-15-3-2-6-20-11-15/h2-3,5-6,10-11,16-17H,4,7-9,12-13H2,1H3/t16-,17-/m1/s1. The van der Waals surface area contributed by atoms with Crippen molar-refractivity contribution < 1.29 is 9.53 Å². The average molecular weight is 357 g/mol. The number of piperidine rings is 1. The molecule has 2 atom stereocenters. The van der Waals surface area contributed by atoms with Crippen molar-refractivity contribution in [3.8, 4) is 0 Å². The van der Waals surface area contributed by atoms with E-state index in [-0.39, 0.29) is 18.1 Å². The second-order valence-corrected chi connectivity index (χ2v) is 7.70. The molecular weight excluding hydrogens is 334 g/mol. The van der Waals surface area contributed by atoms with Gasteiger partial charge in [0, 0.05) is 38.6 Å². The fourth-order valence-electron chi connectivity index (χ4n) is 3.78. The van der Waals surface area contributed by atoms with E-state index >= 15 is 0 Å². The van der Waals surface area contributed by atoms with Gasteiger partial charge in [0.25, 0.3) is 5.91 Å². The maximum Gasteiger partial charge on any atom is 0.264 e. The molecule has 5 nitrogen and oxygen atoms in total. The highest BCUT2D eigenvalue weighted by Gasteiger charge is 2.38. The van der Waals surface area contributed by atoms with Gasteiger partial charge in [-0.15, -0.1) is 11.3 Å². The van der Waals surface area contributed by atoms with Crippen molar-refractivity contribution in [2.75, 3.05) is 26.2 Å². The molecule has 0 bridgehead atoms. The summed E-state index contributed by atoms with van der Waals surface area (Å²) in [5.41, 5.74) is 2.28. The minimum Gasteiger partial charge on any atom is -0.375 e. The molecule has 1 amide bonds. The van der Waals surface area contributed by atoms with E-state index in [1.807, 2.05) is 35.5 Å². The minimum absolute atomic E-state index is 0.165. The zero-order chi connectivity index (χ0) is 17.2. The monoisotopic (exact) mass is 357 g/mol. The van der Waals surface area contributed by atoms with Gasteiger partial charge in [0.05, 0.1) is 23.6 Å². The maximum absolute atomic E-state index is 12.9. The van der Waals surface area contributed by atoms with Gasteiger partial charge < -0.3 is 9.64 Å². The summed E-state index contributed by atoms with van der Waals surface area (Å²) in [6, 6.07) is 6.36. The van der Waals surface area contributed by atoms with Gasteiger partial charge in [-0.05, 0) is 42.0 Å². The number of aromatic nitrogens is 1. The number of carbonyl (C=O) groups is 1. The Bertz CT molecular complexity index is 733. The molecule has 0 aromatic carbocycles. The number of nitrogens with zero attached hydrogens (tertiary/aromatic N) is 3. The van der Waals surface area contributed by atoms with E-state index in [0.29, 0.717) is 0 Å². The van der Waals surface area contributed by atoms with E-state index < -0.39 is 0 Å². The normalized spacial score (nSPS) is 24.1. The van der Waals surface area contributed by atoms with E-state index in [2.05, 4.69) is 16.0 Å². The van der Waals surface area contributed by atoms with Crippen LogP contribution >= 0.6 is 11.3 Å². The minimum atomic E-state index is 0.165. The van der Waals surface area contributed by atoms with Crippen LogP contribution in [0.3, 0.4) is 0 Å². The first-order valence-corrected chi connectivity index (χ1v) is 9.68. The summed E-state index contributed by atoms with van der Waals surface area (Å²) in [5.74, 6) is 0.165. The summed E-state index contributed by atoms with van der Waals surface area (Å²) in [4.78, 5) is 22.4. The molecule has 2 aliphatic heterocycles. The van der Waals surface area contributed by atoms with Crippen molar-refractivity contribution in [3.63, 3.8) is 0 Å². The lowest BCUT2D eigenvalue weighted by atomic mass is 9.97. The van der Waals surface area contributed by atoms with Gasteiger partial charge in [-0.1, -0.05) is 6.07 Å². The molecule has 0 N–H and O–H groups in total. The molecule has 0 saturated carbocycles. The number of amides is 1. The van der Waals surface area contributed by atoms with E-state index in [9.17, 15) is 4.79 Å². The van der Waals surface area contributed by atoms with Crippen molar-refractivity contribution in [3.05, 3.63) is 52.0 Å². The molecule has 0 unspecified atom stereocenters. The number of ether oxygens (including phenoxy) is 1. The van der Waals surface area contributed by atoms with Crippen LogP contribution in [0.4, 0.5) is 0 Å². The van der Waals surface area contributed by atoms with Gasteiger partial charge in [0.15, 0.2) is 0 Å². The molecule has 25 heavy (non-hydrogen) atoms. The third-order valence-electron chi connectivity index (χ3n) is 5.15. The van der Waals surface area contributed by atoms with Crippen LogP contribution in [0.25, 0.3) is 0 Å². The number of carbonyl (C=O) groups excluding carboxylic acids is 1. The Hall–Kier alpha value is -1.76. The highest BCUT2D eigenvalue weighted by molar-refractivity contribution is 7.12. The number of aryl methyl sites for hydroxylation is 1. The first-order chi connectivity index (χ1) is 12.2. The van der Waals surface area contributed by atoms with Gasteiger partial charge in [0.1, 0.15) is 0 Å². The molecule has 4 heterocycles. The van der Waals surface area contributed by atoms with E-state index in [4.69, 9.17) is 4.74 Å². The van der Waals surface area contributed by atoms with Crippen molar-refractivity contribution in [2.45, 2.75) is 32.0 Å². The zero-order valence-electron chi connectivity index (χ0n) is 14.4. The molecular formula is C19H23N3O2S. The molecule has 0 spiro atoms. The summed E-state index contributed by atoms with van der Waals surface area (Å²) in [5, 5.41) is 1.99. The van der Waals surface area contributed by atoms with Crippen molar-refractivity contribution >= 4 is 17.2 Å².